The van der Waals surface area contributed by atoms with Crippen LogP contribution < -0.4 is 9.47 Å². The third-order valence-electron chi connectivity index (χ3n) is 2.28. The molecule has 0 saturated carbocycles. The van der Waals surface area contributed by atoms with Crippen LogP contribution in [0.1, 0.15) is 20.3 Å². The van der Waals surface area contributed by atoms with E-state index in [0.717, 1.165) is 12.2 Å². The van der Waals surface area contributed by atoms with Crippen LogP contribution in [0.5, 0.6) is 11.5 Å². The van der Waals surface area contributed by atoms with Crippen molar-refractivity contribution < 1.29 is 24.5 Å². The summed E-state index contributed by atoms with van der Waals surface area (Å²) in [5.74, 6) is -0.0973. The van der Waals surface area contributed by atoms with Gasteiger partial charge >= 0.3 is 5.97 Å². The van der Waals surface area contributed by atoms with Crippen LogP contribution in [-0.4, -0.2) is 35.0 Å². The predicted octanol–water partition coefficient (Wildman–Crippen LogP) is 1.69. The maximum Gasteiger partial charge on any atom is 0.339 e. The summed E-state index contributed by atoms with van der Waals surface area (Å²) >= 11 is 0. The highest BCUT2D eigenvalue weighted by Gasteiger charge is 2.30. The molecular formula is C13H18O5. The van der Waals surface area contributed by atoms with Crippen molar-refractivity contribution in [3.05, 3.63) is 24.3 Å². The van der Waals surface area contributed by atoms with E-state index >= 15 is 0 Å². The van der Waals surface area contributed by atoms with Crippen LogP contribution in [-0.2, 0) is 4.79 Å². The van der Waals surface area contributed by atoms with Crippen molar-refractivity contribution in [3.63, 3.8) is 0 Å². The molecule has 0 aliphatic heterocycles. The van der Waals surface area contributed by atoms with Crippen molar-refractivity contribution >= 4 is 5.97 Å². The van der Waals surface area contributed by atoms with Gasteiger partial charge in [-0.15, -0.1) is 0 Å². The van der Waals surface area contributed by atoms with Gasteiger partial charge in [0.05, 0.1) is 6.61 Å². The van der Waals surface area contributed by atoms with Crippen molar-refractivity contribution in [1.82, 2.24) is 0 Å². The van der Waals surface area contributed by atoms with Gasteiger partial charge in [-0.3, -0.25) is 0 Å². The Morgan fingerprint density at radius 2 is 1.72 bits per heavy atom. The Hall–Kier alpha value is -1.75. The van der Waals surface area contributed by atoms with Crippen LogP contribution in [0.4, 0.5) is 0 Å². The Labute approximate surface area is 106 Å². The van der Waals surface area contributed by atoms with E-state index in [4.69, 9.17) is 14.6 Å². The second-order valence-corrected chi connectivity index (χ2v) is 4.19. The molecular weight excluding hydrogens is 236 g/mol. The smallest absolute Gasteiger partial charge is 0.339 e. The van der Waals surface area contributed by atoms with Crippen molar-refractivity contribution in [1.29, 1.82) is 0 Å². The van der Waals surface area contributed by atoms with Crippen molar-refractivity contribution in [2.45, 2.75) is 25.9 Å². The molecule has 0 radical (unpaired) electrons. The molecule has 5 heteroatoms. The number of hydrogen-bond donors (Lipinski definition) is 2. The summed E-state index contributed by atoms with van der Waals surface area (Å²) in [4.78, 5) is 10.7. The van der Waals surface area contributed by atoms with E-state index < -0.39 is 11.6 Å². The molecule has 1 aromatic carbocycles. The normalized spacial score (nSPS) is 13.7. The van der Waals surface area contributed by atoms with Gasteiger partial charge in [0, 0.05) is 0 Å². The van der Waals surface area contributed by atoms with Gasteiger partial charge in [0.15, 0.2) is 5.60 Å². The van der Waals surface area contributed by atoms with Gasteiger partial charge in [-0.1, -0.05) is 6.92 Å². The summed E-state index contributed by atoms with van der Waals surface area (Å²) in [6.07, 6.45) is 0.930. The van der Waals surface area contributed by atoms with Crippen molar-refractivity contribution in [2.75, 3.05) is 13.2 Å². The summed E-state index contributed by atoms with van der Waals surface area (Å²) in [7, 11) is 0. The molecule has 0 fully saturated rings. The molecule has 0 aromatic heterocycles. The number of hydrogen-bond acceptors (Lipinski definition) is 4. The fourth-order valence-electron chi connectivity index (χ4n) is 1.14. The number of benzene rings is 1. The molecule has 2 N–H and O–H groups in total. The minimum Gasteiger partial charge on any atom is -0.494 e. The Balaban J connectivity index is 2.51. The quantitative estimate of drug-likeness (QED) is 0.774. The van der Waals surface area contributed by atoms with Crippen LogP contribution in [0.3, 0.4) is 0 Å². The van der Waals surface area contributed by atoms with E-state index in [1.54, 1.807) is 24.3 Å². The van der Waals surface area contributed by atoms with Crippen LogP contribution in [0.2, 0.25) is 0 Å². The molecule has 0 aliphatic carbocycles. The summed E-state index contributed by atoms with van der Waals surface area (Å²) in [5.41, 5.74) is -1.89. The Morgan fingerprint density at radius 3 is 2.17 bits per heavy atom. The number of rotatable bonds is 7. The van der Waals surface area contributed by atoms with Gasteiger partial charge in [-0.2, -0.15) is 0 Å². The van der Waals surface area contributed by atoms with Gasteiger partial charge in [-0.05, 0) is 37.6 Å². The van der Waals surface area contributed by atoms with Crippen molar-refractivity contribution in [2.24, 2.45) is 0 Å². The van der Waals surface area contributed by atoms with E-state index in [0.29, 0.717) is 12.4 Å². The Kier molecular flexibility index (Phi) is 4.97. The molecule has 100 valence electrons. The monoisotopic (exact) mass is 254 g/mol. The summed E-state index contributed by atoms with van der Waals surface area (Å²) in [6, 6.07) is 6.81. The zero-order chi connectivity index (χ0) is 13.6. The lowest BCUT2D eigenvalue weighted by atomic mass is 10.1. The van der Waals surface area contributed by atoms with Crippen LogP contribution in [0, 0.1) is 0 Å². The second-order valence-electron chi connectivity index (χ2n) is 4.19. The summed E-state index contributed by atoms with van der Waals surface area (Å²) in [5, 5.41) is 18.2. The topological polar surface area (TPSA) is 76.0 Å². The first kappa shape index (κ1) is 14.3. The number of carbonyl (C=O) groups is 1. The molecule has 0 bridgehead atoms. The first-order valence-corrected chi connectivity index (χ1v) is 5.77. The van der Waals surface area contributed by atoms with Gasteiger partial charge in [0.25, 0.3) is 0 Å². The van der Waals surface area contributed by atoms with Crippen LogP contribution in [0.15, 0.2) is 24.3 Å². The van der Waals surface area contributed by atoms with Gasteiger partial charge in [0.2, 0.25) is 0 Å². The van der Waals surface area contributed by atoms with Crippen molar-refractivity contribution in [3.8, 4) is 11.5 Å². The maximum atomic E-state index is 10.7. The average Bonchev–Trinajstić information content (AvgIpc) is 2.35. The first-order chi connectivity index (χ1) is 8.45. The summed E-state index contributed by atoms with van der Waals surface area (Å²) in [6.45, 7) is 3.55. The van der Waals surface area contributed by atoms with Crippen LogP contribution >= 0.6 is 0 Å². The van der Waals surface area contributed by atoms with E-state index in [-0.39, 0.29) is 6.61 Å². The molecule has 0 spiro atoms. The molecule has 1 rings (SSSR count). The minimum absolute atomic E-state index is 0.308. The molecule has 5 nitrogen and oxygen atoms in total. The zero-order valence-corrected chi connectivity index (χ0v) is 10.5. The van der Waals surface area contributed by atoms with Gasteiger partial charge in [0.1, 0.15) is 18.1 Å². The number of aliphatic hydroxyl groups is 1. The standard InChI is InChI=1S/C13H18O5/c1-3-8-17-10-4-6-11(7-5-10)18-9-13(2,16)12(14)15/h4-7,16H,3,8-9H2,1-2H3,(H,14,15). The highest BCUT2D eigenvalue weighted by atomic mass is 16.5. The predicted molar refractivity (Wildman–Crippen MR) is 66.0 cm³/mol. The summed E-state index contributed by atoms with van der Waals surface area (Å²) < 4.78 is 10.6. The number of carboxylic acids is 1. The molecule has 1 atom stereocenters. The number of carboxylic acid groups (broad SMARTS) is 1. The highest BCUT2D eigenvalue weighted by Crippen LogP contribution is 2.19. The highest BCUT2D eigenvalue weighted by molar-refractivity contribution is 5.76. The lowest BCUT2D eigenvalue weighted by Crippen LogP contribution is -2.41. The Morgan fingerprint density at radius 1 is 1.22 bits per heavy atom. The minimum atomic E-state index is -1.89. The molecule has 18 heavy (non-hydrogen) atoms. The maximum absolute atomic E-state index is 10.7. The van der Waals surface area contributed by atoms with Crippen LogP contribution in [0.25, 0.3) is 0 Å². The molecule has 0 aliphatic rings. The van der Waals surface area contributed by atoms with Gasteiger partial charge < -0.3 is 19.7 Å². The van der Waals surface area contributed by atoms with Gasteiger partial charge in [-0.25, -0.2) is 4.79 Å². The third-order valence-corrected chi connectivity index (χ3v) is 2.28. The average molecular weight is 254 g/mol. The van der Waals surface area contributed by atoms with E-state index in [1.165, 1.54) is 6.92 Å². The fourth-order valence-corrected chi connectivity index (χ4v) is 1.14. The first-order valence-electron chi connectivity index (χ1n) is 5.77. The molecule has 1 aromatic rings. The van der Waals surface area contributed by atoms with E-state index in [1.807, 2.05) is 6.92 Å². The zero-order valence-electron chi connectivity index (χ0n) is 10.5. The third kappa shape index (κ3) is 4.25. The lowest BCUT2D eigenvalue weighted by molar-refractivity contribution is -0.159. The second kappa shape index (κ2) is 6.26. The number of aliphatic carboxylic acids is 1. The van der Waals surface area contributed by atoms with E-state index in [2.05, 4.69) is 0 Å². The Bertz CT molecular complexity index is 383. The van der Waals surface area contributed by atoms with E-state index in [9.17, 15) is 9.90 Å². The molecule has 0 heterocycles. The molecule has 0 saturated heterocycles. The fraction of sp³-hybridized carbons (Fsp3) is 0.462. The largest absolute Gasteiger partial charge is 0.494 e. The molecule has 0 amide bonds. The number of ether oxygens (including phenoxy) is 2. The SMILES string of the molecule is CCCOc1ccc(OCC(C)(O)C(=O)O)cc1. The lowest BCUT2D eigenvalue weighted by Gasteiger charge is -2.18. The molecule has 1 unspecified atom stereocenters.